The minimum absolute atomic E-state index is 0.133. The van der Waals surface area contributed by atoms with Crippen molar-refractivity contribution in [1.29, 1.82) is 0 Å². The smallest absolute Gasteiger partial charge is 0.257 e. The van der Waals surface area contributed by atoms with Crippen molar-refractivity contribution in [3.63, 3.8) is 0 Å². The van der Waals surface area contributed by atoms with Crippen molar-refractivity contribution in [2.45, 2.75) is 6.54 Å². The minimum atomic E-state index is 0.133. The maximum atomic E-state index is 5.68. The molecule has 0 unspecified atom stereocenters. The van der Waals surface area contributed by atoms with Crippen molar-refractivity contribution in [2.75, 3.05) is 11.1 Å². The molecule has 3 heterocycles. The van der Waals surface area contributed by atoms with Crippen molar-refractivity contribution in [3.8, 4) is 5.95 Å². The van der Waals surface area contributed by atoms with Crippen LogP contribution in [0.3, 0.4) is 0 Å². The van der Waals surface area contributed by atoms with Crippen molar-refractivity contribution in [2.24, 2.45) is 0 Å². The van der Waals surface area contributed by atoms with E-state index in [0.29, 0.717) is 18.4 Å². The Kier molecular flexibility index (Phi) is 3.19. The molecule has 3 aromatic heterocycles. The van der Waals surface area contributed by atoms with E-state index in [4.69, 9.17) is 5.73 Å². The van der Waals surface area contributed by atoms with Gasteiger partial charge in [0.1, 0.15) is 0 Å². The fraction of sp³-hybridized carbons (Fsp3) is 0.0833. The first kappa shape index (κ1) is 12.0. The quantitative estimate of drug-likeness (QED) is 0.715. The average Bonchev–Trinajstić information content (AvgIpc) is 3.00. The Morgan fingerprint density at radius 3 is 2.80 bits per heavy atom. The monoisotopic (exact) mass is 268 g/mol. The van der Waals surface area contributed by atoms with Gasteiger partial charge in [0.25, 0.3) is 5.95 Å². The molecule has 0 aliphatic rings. The van der Waals surface area contributed by atoms with Crippen LogP contribution in [-0.4, -0.2) is 29.7 Å². The number of pyridine rings is 1. The summed E-state index contributed by atoms with van der Waals surface area (Å²) in [5.41, 5.74) is 6.56. The van der Waals surface area contributed by atoms with E-state index in [1.807, 2.05) is 18.2 Å². The molecular weight excluding hydrogens is 256 g/mol. The number of rotatable bonds is 4. The minimum Gasteiger partial charge on any atom is -0.368 e. The highest BCUT2D eigenvalue weighted by Gasteiger charge is 2.06. The first-order valence-electron chi connectivity index (χ1n) is 5.96. The van der Waals surface area contributed by atoms with Gasteiger partial charge in [-0.15, -0.1) is 0 Å². The van der Waals surface area contributed by atoms with Gasteiger partial charge in [0, 0.05) is 18.6 Å². The Bertz CT molecular complexity index is 680. The van der Waals surface area contributed by atoms with Gasteiger partial charge in [-0.05, 0) is 18.2 Å². The molecule has 0 fully saturated rings. The molecule has 0 spiro atoms. The zero-order chi connectivity index (χ0) is 13.8. The highest BCUT2D eigenvalue weighted by molar-refractivity contribution is 5.35. The van der Waals surface area contributed by atoms with Crippen LogP contribution < -0.4 is 11.1 Å². The van der Waals surface area contributed by atoms with E-state index in [9.17, 15) is 0 Å². The first-order chi connectivity index (χ1) is 9.81. The second-order valence-electron chi connectivity index (χ2n) is 3.94. The molecule has 100 valence electrons. The zero-order valence-corrected chi connectivity index (χ0v) is 10.5. The topological polar surface area (TPSA) is 107 Å². The third kappa shape index (κ3) is 2.69. The number of hydrogen-bond donors (Lipinski definition) is 2. The molecule has 8 heteroatoms. The predicted molar refractivity (Wildman–Crippen MR) is 72.9 cm³/mol. The molecule has 0 saturated carbocycles. The average molecular weight is 268 g/mol. The summed E-state index contributed by atoms with van der Waals surface area (Å²) < 4.78 is 1.52. The molecule has 0 aromatic carbocycles. The Morgan fingerprint density at radius 2 is 2.05 bits per heavy atom. The Hall–Kier alpha value is -3.03. The highest BCUT2D eigenvalue weighted by atomic mass is 15.4. The summed E-state index contributed by atoms with van der Waals surface area (Å²) in [6.07, 6.45) is 5.10. The van der Waals surface area contributed by atoms with E-state index in [0.717, 1.165) is 5.69 Å². The van der Waals surface area contributed by atoms with Gasteiger partial charge >= 0.3 is 0 Å². The zero-order valence-electron chi connectivity index (χ0n) is 10.5. The fourth-order valence-electron chi connectivity index (χ4n) is 1.62. The molecule has 3 N–H and O–H groups in total. The summed E-state index contributed by atoms with van der Waals surface area (Å²) in [6, 6.07) is 7.47. The van der Waals surface area contributed by atoms with Crippen LogP contribution >= 0.6 is 0 Å². The standard InChI is InChI=1S/C12H12N8/c13-10-17-11(15-8-9-4-1-2-5-14-9)19-12(18-10)20-7-3-6-16-20/h1-7H,8H2,(H3,13,15,17,18,19). The van der Waals surface area contributed by atoms with Gasteiger partial charge < -0.3 is 11.1 Å². The molecule has 0 atom stereocenters. The SMILES string of the molecule is Nc1nc(NCc2ccccn2)nc(-n2cccn2)n1. The van der Waals surface area contributed by atoms with Gasteiger partial charge in [-0.3, -0.25) is 4.98 Å². The highest BCUT2D eigenvalue weighted by Crippen LogP contribution is 2.07. The van der Waals surface area contributed by atoms with E-state index in [1.165, 1.54) is 4.68 Å². The third-order valence-corrected chi connectivity index (χ3v) is 2.50. The van der Waals surface area contributed by atoms with Crippen LogP contribution in [0.5, 0.6) is 0 Å². The molecule has 3 rings (SSSR count). The number of anilines is 2. The van der Waals surface area contributed by atoms with Gasteiger partial charge in [-0.2, -0.15) is 20.1 Å². The molecule has 0 radical (unpaired) electrons. The van der Waals surface area contributed by atoms with Gasteiger partial charge in [-0.25, -0.2) is 4.68 Å². The lowest BCUT2D eigenvalue weighted by atomic mass is 10.3. The molecule has 0 saturated heterocycles. The summed E-state index contributed by atoms with van der Waals surface area (Å²) in [4.78, 5) is 16.5. The van der Waals surface area contributed by atoms with Gasteiger partial charge in [0.15, 0.2) is 0 Å². The number of nitrogens with zero attached hydrogens (tertiary/aromatic N) is 6. The Balaban J connectivity index is 1.80. The molecule has 20 heavy (non-hydrogen) atoms. The van der Waals surface area contributed by atoms with E-state index in [1.54, 1.807) is 24.7 Å². The summed E-state index contributed by atoms with van der Waals surface area (Å²) in [7, 11) is 0. The van der Waals surface area contributed by atoms with Gasteiger partial charge in [0.05, 0.1) is 12.2 Å². The lowest BCUT2D eigenvalue weighted by molar-refractivity contribution is 0.798. The number of nitrogens with two attached hydrogens (primary N) is 1. The van der Waals surface area contributed by atoms with Crippen molar-refractivity contribution >= 4 is 11.9 Å². The van der Waals surface area contributed by atoms with Crippen LogP contribution in [0.2, 0.25) is 0 Å². The van der Waals surface area contributed by atoms with Crippen molar-refractivity contribution in [1.82, 2.24) is 29.7 Å². The van der Waals surface area contributed by atoms with Crippen LogP contribution in [0.25, 0.3) is 5.95 Å². The van der Waals surface area contributed by atoms with Crippen LogP contribution in [0.1, 0.15) is 5.69 Å². The van der Waals surface area contributed by atoms with E-state index in [-0.39, 0.29) is 5.95 Å². The second kappa shape index (κ2) is 5.31. The molecule has 0 bridgehead atoms. The third-order valence-electron chi connectivity index (χ3n) is 2.50. The number of nitrogens with one attached hydrogen (secondary N) is 1. The van der Waals surface area contributed by atoms with E-state index < -0.39 is 0 Å². The predicted octanol–water partition coefficient (Wildman–Crippen LogP) is 0.647. The molecule has 0 aliphatic heterocycles. The Labute approximate surface area is 114 Å². The van der Waals surface area contributed by atoms with Crippen LogP contribution in [0, 0.1) is 0 Å². The number of nitrogen functional groups attached to an aromatic ring is 1. The van der Waals surface area contributed by atoms with E-state index in [2.05, 4.69) is 30.4 Å². The largest absolute Gasteiger partial charge is 0.368 e. The van der Waals surface area contributed by atoms with Crippen LogP contribution in [0.15, 0.2) is 42.9 Å². The fourth-order valence-corrected chi connectivity index (χ4v) is 1.62. The van der Waals surface area contributed by atoms with Gasteiger partial charge in [0.2, 0.25) is 11.9 Å². The van der Waals surface area contributed by atoms with Crippen molar-refractivity contribution < 1.29 is 0 Å². The normalized spacial score (nSPS) is 10.4. The molecule has 8 nitrogen and oxygen atoms in total. The summed E-state index contributed by atoms with van der Waals surface area (Å²) >= 11 is 0. The molecule has 0 aliphatic carbocycles. The molecule has 0 amide bonds. The lowest BCUT2D eigenvalue weighted by Gasteiger charge is -2.06. The first-order valence-corrected chi connectivity index (χ1v) is 5.96. The summed E-state index contributed by atoms with van der Waals surface area (Å²) in [5.74, 6) is 0.883. The van der Waals surface area contributed by atoms with E-state index >= 15 is 0 Å². The van der Waals surface area contributed by atoms with Crippen LogP contribution in [-0.2, 0) is 6.54 Å². The number of hydrogen-bond acceptors (Lipinski definition) is 7. The van der Waals surface area contributed by atoms with Gasteiger partial charge in [-0.1, -0.05) is 6.07 Å². The summed E-state index contributed by atoms with van der Waals surface area (Å²) in [6.45, 7) is 0.503. The van der Waals surface area contributed by atoms with Crippen molar-refractivity contribution in [3.05, 3.63) is 48.5 Å². The Morgan fingerprint density at radius 1 is 1.10 bits per heavy atom. The second-order valence-corrected chi connectivity index (χ2v) is 3.94. The molecule has 3 aromatic rings. The molecular formula is C12H12N8. The maximum absolute atomic E-state index is 5.68. The number of aromatic nitrogens is 6. The van der Waals surface area contributed by atoms with Crippen LogP contribution in [0.4, 0.5) is 11.9 Å². The maximum Gasteiger partial charge on any atom is 0.257 e. The summed E-state index contributed by atoms with van der Waals surface area (Å²) in [5, 5.41) is 7.11. The lowest BCUT2D eigenvalue weighted by Crippen LogP contribution is -2.11.